The minimum Gasteiger partial charge on any atom is -0.370 e. The SMILES string of the molecule is C[C@@H](NC(=O)c1cccc(C(F)(F)F)c1)[C@@H](c1ccccc1)[NH+]1CCOCC1. The van der Waals surface area contributed by atoms with Gasteiger partial charge in [-0.3, -0.25) is 4.79 Å². The second kappa shape index (κ2) is 8.75. The minimum atomic E-state index is -4.48. The van der Waals surface area contributed by atoms with Crippen LogP contribution < -0.4 is 10.2 Å². The number of hydrogen-bond donors (Lipinski definition) is 2. The van der Waals surface area contributed by atoms with Crippen molar-refractivity contribution >= 4 is 5.91 Å². The summed E-state index contributed by atoms with van der Waals surface area (Å²) in [5.74, 6) is -0.507. The summed E-state index contributed by atoms with van der Waals surface area (Å²) >= 11 is 0. The Labute approximate surface area is 162 Å². The third-order valence-electron chi connectivity index (χ3n) is 5.04. The van der Waals surface area contributed by atoms with Crippen molar-refractivity contribution in [3.8, 4) is 0 Å². The zero-order chi connectivity index (χ0) is 20.1. The lowest BCUT2D eigenvalue weighted by Gasteiger charge is -2.35. The summed E-state index contributed by atoms with van der Waals surface area (Å²) in [5, 5.41) is 2.90. The quantitative estimate of drug-likeness (QED) is 0.820. The van der Waals surface area contributed by atoms with Crippen molar-refractivity contribution in [3.63, 3.8) is 0 Å². The number of amides is 1. The molecular formula is C21H24F3N2O2+. The van der Waals surface area contributed by atoms with E-state index < -0.39 is 17.6 Å². The summed E-state index contributed by atoms with van der Waals surface area (Å²) in [7, 11) is 0. The van der Waals surface area contributed by atoms with Crippen LogP contribution in [0.5, 0.6) is 0 Å². The number of halogens is 3. The fraction of sp³-hybridized carbons (Fsp3) is 0.381. The molecule has 2 N–H and O–H groups in total. The summed E-state index contributed by atoms with van der Waals surface area (Å²) in [6.07, 6.45) is -4.48. The molecule has 0 unspecified atom stereocenters. The zero-order valence-corrected chi connectivity index (χ0v) is 15.6. The number of ether oxygens (including phenoxy) is 1. The van der Waals surface area contributed by atoms with Crippen molar-refractivity contribution in [3.05, 3.63) is 71.3 Å². The average molecular weight is 393 g/mol. The number of carbonyl (C=O) groups is 1. The van der Waals surface area contributed by atoms with E-state index in [9.17, 15) is 18.0 Å². The van der Waals surface area contributed by atoms with Crippen molar-refractivity contribution in [1.82, 2.24) is 5.32 Å². The summed E-state index contributed by atoms with van der Waals surface area (Å²) in [4.78, 5) is 13.9. The first kappa shape index (κ1) is 20.4. The maximum atomic E-state index is 12.9. The highest BCUT2D eigenvalue weighted by Crippen LogP contribution is 2.29. The van der Waals surface area contributed by atoms with Crippen molar-refractivity contribution < 1.29 is 27.6 Å². The van der Waals surface area contributed by atoms with E-state index in [0.29, 0.717) is 13.2 Å². The molecular weight excluding hydrogens is 369 g/mol. The molecule has 1 heterocycles. The first-order valence-corrected chi connectivity index (χ1v) is 9.31. The van der Waals surface area contributed by atoms with Crippen molar-refractivity contribution in [2.45, 2.75) is 25.2 Å². The average Bonchev–Trinajstić information content (AvgIpc) is 2.69. The molecule has 0 radical (unpaired) electrons. The number of carbonyl (C=O) groups excluding carboxylic acids is 1. The Hall–Kier alpha value is -2.38. The Bertz CT molecular complexity index is 790. The first-order valence-electron chi connectivity index (χ1n) is 9.31. The Morgan fingerprint density at radius 1 is 1.07 bits per heavy atom. The molecule has 2 aromatic carbocycles. The van der Waals surface area contributed by atoms with Crippen LogP contribution >= 0.6 is 0 Å². The fourth-order valence-electron chi connectivity index (χ4n) is 3.69. The van der Waals surface area contributed by atoms with Crippen LogP contribution in [0.3, 0.4) is 0 Å². The topological polar surface area (TPSA) is 42.8 Å². The maximum absolute atomic E-state index is 12.9. The maximum Gasteiger partial charge on any atom is 0.416 e. The molecule has 1 saturated heterocycles. The van der Waals surface area contributed by atoms with Crippen LogP contribution in [-0.2, 0) is 10.9 Å². The molecule has 7 heteroatoms. The van der Waals surface area contributed by atoms with Gasteiger partial charge >= 0.3 is 6.18 Å². The predicted octanol–water partition coefficient (Wildman–Crippen LogP) is 2.48. The van der Waals surface area contributed by atoms with Crippen LogP contribution in [0.2, 0.25) is 0 Å². The standard InChI is InChI=1S/C21H23F3N2O2/c1-15(25-20(27)17-8-5-9-18(14-17)21(22,23)24)19(16-6-3-2-4-7-16)26-10-12-28-13-11-26/h2-9,14-15,19H,10-13H2,1H3,(H,25,27)/p+1/t15-,19+/m1/s1. The third kappa shape index (κ3) is 4.91. The molecule has 1 aliphatic rings. The normalized spacial score (nSPS) is 17.7. The van der Waals surface area contributed by atoms with Crippen molar-refractivity contribution in [2.75, 3.05) is 26.3 Å². The largest absolute Gasteiger partial charge is 0.416 e. The number of benzene rings is 2. The van der Waals surface area contributed by atoms with Gasteiger partial charge in [-0.1, -0.05) is 36.4 Å². The molecule has 1 fully saturated rings. The number of rotatable bonds is 5. The number of nitrogens with one attached hydrogen (secondary N) is 2. The molecule has 28 heavy (non-hydrogen) atoms. The molecule has 1 amide bonds. The molecule has 3 rings (SSSR count). The van der Waals surface area contributed by atoms with E-state index in [1.165, 1.54) is 17.0 Å². The van der Waals surface area contributed by atoms with E-state index in [-0.39, 0.29) is 17.6 Å². The molecule has 0 saturated carbocycles. The van der Waals surface area contributed by atoms with Gasteiger partial charge in [0.2, 0.25) is 0 Å². The highest BCUT2D eigenvalue weighted by molar-refractivity contribution is 5.94. The Morgan fingerprint density at radius 3 is 2.39 bits per heavy atom. The number of morpholine rings is 1. The second-order valence-electron chi connectivity index (χ2n) is 7.00. The van der Waals surface area contributed by atoms with Gasteiger partial charge in [-0.25, -0.2) is 0 Å². The minimum absolute atomic E-state index is 0.00506. The number of alkyl halides is 3. The summed E-state index contributed by atoms with van der Waals surface area (Å²) < 4.78 is 44.3. The summed E-state index contributed by atoms with van der Waals surface area (Å²) in [5.41, 5.74) is 0.257. The van der Waals surface area contributed by atoms with E-state index in [0.717, 1.165) is 30.8 Å². The lowest BCUT2D eigenvalue weighted by Crippen LogP contribution is -3.15. The van der Waals surface area contributed by atoms with Gasteiger partial charge in [0.15, 0.2) is 0 Å². The highest BCUT2D eigenvalue weighted by Gasteiger charge is 2.33. The van der Waals surface area contributed by atoms with Gasteiger partial charge in [-0.05, 0) is 25.1 Å². The van der Waals surface area contributed by atoms with E-state index in [1.54, 1.807) is 0 Å². The van der Waals surface area contributed by atoms with Gasteiger partial charge in [0.05, 0.1) is 24.8 Å². The molecule has 0 aromatic heterocycles. The van der Waals surface area contributed by atoms with Crippen molar-refractivity contribution in [2.24, 2.45) is 0 Å². The number of quaternary nitrogens is 1. The zero-order valence-electron chi connectivity index (χ0n) is 15.6. The van der Waals surface area contributed by atoms with Gasteiger partial charge in [0, 0.05) is 11.1 Å². The van der Waals surface area contributed by atoms with E-state index >= 15 is 0 Å². The van der Waals surface area contributed by atoms with Gasteiger partial charge in [-0.2, -0.15) is 13.2 Å². The van der Waals surface area contributed by atoms with Crippen LogP contribution in [-0.4, -0.2) is 38.3 Å². The van der Waals surface area contributed by atoms with Crippen LogP contribution in [0.25, 0.3) is 0 Å². The second-order valence-corrected chi connectivity index (χ2v) is 7.00. The van der Waals surface area contributed by atoms with Crippen LogP contribution in [0, 0.1) is 0 Å². The lowest BCUT2D eigenvalue weighted by molar-refractivity contribution is -0.940. The molecule has 150 valence electrons. The predicted molar refractivity (Wildman–Crippen MR) is 99.1 cm³/mol. The van der Waals surface area contributed by atoms with E-state index in [4.69, 9.17) is 4.74 Å². The monoisotopic (exact) mass is 393 g/mol. The molecule has 2 atom stereocenters. The summed E-state index contributed by atoms with van der Waals surface area (Å²) in [6, 6.07) is 14.1. The Balaban J connectivity index is 1.79. The van der Waals surface area contributed by atoms with E-state index in [1.807, 2.05) is 37.3 Å². The van der Waals surface area contributed by atoms with Crippen LogP contribution in [0.4, 0.5) is 13.2 Å². The molecule has 0 aliphatic carbocycles. The third-order valence-corrected chi connectivity index (χ3v) is 5.04. The number of hydrogen-bond acceptors (Lipinski definition) is 2. The lowest BCUT2D eigenvalue weighted by atomic mass is 9.97. The van der Waals surface area contributed by atoms with Crippen LogP contribution in [0.15, 0.2) is 54.6 Å². The molecule has 0 spiro atoms. The van der Waals surface area contributed by atoms with Gasteiger partial charge in [0.1, 0.15) is 19.1 Å². The first-order chi connectivity index (χ1) is 13.4. The van der Waals surface area contributed by atoms with E-state index in [2.05, 4.69) is 5.32 Å². The molecule has 0 bridgehead atoms. The highest BCUT2D eigenvalue weighted by atomic mass is 19.4. The molecule has 2 aromatic rings. The van der Waals surface area contributed by atoms with Gasteiger partial charge in [0.25, 0.3) is 5.91 Å². The molecule has 1 aliphatic heterocycles. The Morgan fingerprint density at radius 2 is 1.75 bits per heavy atom. The van der Waals surface area contributed by atoms with Gasteiger partial charge < -0.3 is 15.0 Å². The summed E-state index contributed by atoms with van der Waals surface area (Å²) in [6.45, 7) is 4.80. The Kier molecular flexibility index (Phi) is 6.36. The van der Waals surface area contributed by atoms with Gasteiger partial charge in [-0.15, -0.1) is 0 Å². The van der Waals surface area contributed by atoms with Crippen LogP contribution in [0.1, 0.15) is 34.5 Å². The molecule has 4 nitrogen and oxygen atoms in total. The van der Waals surface area contributed by atoms with Crippen molar-refractivity contribution in [1.29, 1.82) is 0 Å². The fourth-order valence-corrected chi connectivity index (χ4v) is 3.69. The smallest absolute Gasteiger partial charge is 0.370 e.